The molecule has 4 aromatic rings. The Balaban J connectivity index is 1.53. The highest BCUT2D eigenvalue weighted by atomic mass is 32.1. The molecule has 0 bridgehead atoms. The number of para-hydroxylation sites is 1. The van der Waals surface area contributed by atoms with Crippen LogP contribution in [0, 0.1) is 13.8 Å². The Morgan fingerprint density at radius 1 is 1.14 bits per heavy atom. The lowest BCUT2D eigenvalue weighted by Gasteiger charge is -2.11. The molecule has 29 heavy (non-hydrogen) atoms. The van der Waals surface area contributed by atoms with Gasteiger partial charge in [-0.3, -0.25) is 9.20 Å². The smallest absolute Gasteiger partial charge is 0.230 e. The maximum atomic E-state index is 12.6. The van der Waals surface area contributed by atoms with E-state index >= 15 is 0 Å². The molecule has 0 saturated heterocycles. The number of aromatic nitrogens is 2. The van der Waals surface area contributed by atoms with Gasteiger partial charge in [0.2, 0.25) is 5.91 Å². The molecule has 0 aliphatic rings. The number of nitrogens with one attached hydrogen (secondary N) is 1. The van der Waals surface area contributed by atoms with Crippen LogP contribution in [0.3, 0.4) is 0 Å². The number of carbonyl (C=O) groups is 1. The van der Waals surface area contributed by atoms with Gasteiger partial charge in [0, 0.05) is 28.5 Å². The standard InChI is InChI=1S/C23H23N3O2S/c1-4-28-19-10-8-17(9-11-19)20-13-26-18(14-29-23(26)24-20)12-21(27)25-22-15(2)6-5-7-16(22)3/h5-11,13-14H,4,12H2,1-3H3,(H,25,27). The first-order valence-electron chi connectivity index (χ1n) is 9.60. The minimum Gasteiger partial charge on any atom is -0.494 e. The molecule has 1 amide bonds. The number of benzene rings is 2. The normalized spacial score (nSPS) is 11.0. The Labute approximate surface area is 174 Å². The summed E-state index contributed by atoms with van der Waals surface area (Å²) in [5.41, 5.74) is 5.86. The van der Waals surface area contributed by atoms with Crippen molar-refractivity contribution in [3.63, 3.8) is 0 Å². The maximum Gasteiger partial charge on any atom is 0.230 e. The first-order chi connectivity index (χ1) is 14.0. The summed E-state index contributed by atoms with van der Waals surface area (Å²) in [4.78, 5) is 18.2. The highest BCUT2D eigenvalue weighted by Gasteiger charge is 2.14. The lowest BCUT2D eigenvalue weighted by molar-refractivity contribution is -0.115. The van der Waals surface area contributed by atoms with Crippen molar-refractivity contribution < 1.29 is 9.53 Å². The topological polar surface area (TPSA) is 55.6 Å². The molecular weight excluding hydrogens is 382 g/mol. The fraction of sp³-hybridized carbons (Fsp3) is 0.217. The number of hydrogen-bond acceptors (Lipinski definition) is 4. The molecule has 2 aromatic carbocycles. The number of fused-ring (bicyclic) bond motifs is 1. The number of rotatable bonds is 6. The third-order valence-electron chi connectivity index (χ3n) is 4.83. The largest absolute Gasteiger partial charge is 0.494 e. The monoisotopic (exact) mass is 405 g/mol. The number of imidazole rings is 1. The molecular formula is C23H23N3O2S. The highest BCUT2D eigenvalue weighted by molar-refractivity contribution is 7.15. The number of carbonyl (C=O) groups excluding carboxylic acids is 1. The van der Waals surface area contributed by atoms with Gasteiger partial charge in [0.05, 0.1) is 18.7 Å². The van der Waals surface area contributed by atoms with E-state index in [9.17, 15) is 4.79 Å². The zero-order chi connectivity index (χ0) is 20.4. The predicted octanol–water partition coefficient (Wildman–Crippen LogP) is 5.26. The van der Waals surface area contributed by atoms with Crippen molar-refractivity contribution in [2.24, 2.45) is 0 Å². The summed E-state index contributed by atoms with van der Waals surface area (Å²) < 4.78 is 7.50. The number of amides is 1. The third-order valence-corrected chi connectivity index (χ3v) is 5.72. The minimum atomic E-state index is -0.0292. The summed E-state index contributed by atoms with van der Waals surface area (Å²) in [5, 5.41) is 5.05. The second-order valence-corrected chi connectivity index (χ2v) is 7.79. The van der Waals surface area contributed by atoms with Crippen LogP contribution in [0.5, 0.6) is 5.75 Å². The number of thiazole rings is 1. The van der Waals surface area contributed by atoms with Crippen molar-refractivity contribution in [2.45, 2.75) is 27.2 Å². The molecule has 0 saturated carbocycles. The van der Waals surface area contributed by atoms with Crippen LogP contribution in [0.25, 0.3) is 16.2 Å². The number of hydrogen-bond donors (Lipinski definition) is 1. The molecule has 0 spiro atoms. The average molecular weight is 406 g/mol. The zero-order valence-corrected chi connectivity index (χ0v) is 17.5. The van der Waals surface area contributed by atoms with Gasteiger partial charge in [-0.05, 0) is 56.2 Å². The van der Waals surface area contributed by atoms with E-state index < -0.39 is 0 Å². The van der Waals surface area contributed by atoms with Gasteiger partial charge >= 0.3 is 0 Å². The molecule has 2 heterocycles. The predicted molar refractivity (Wildman–Crippen MR) is 118 cm³/mol. The quantitative estimate of drug-likeness (QED) is 0.476. The van der Waals surface area contributed by atoms with Crippen LogP contribution in [0.4, 0.5) is 5.69 Å². The number of aryl methyl sites for hydroxylation is 2. The third kappa shape index (κ3) is 4.03. The molecule has 4 rings (SSSR count). The molecule has 0 unspecified atom stereocenters. The van der Waals surface area contributed by atoms with E-state index in [4.69, 9.17) is 9.72 Å². The molecule has 148 valence electrons. The SMILES string of the molecule is CCOc1ccc(-c2cn3c(CC(=O)Nc4c(C)cccc4C)csc3n2)cc1. The van der Waals surface area contributed by atoms with Gasteiger partial charge in [0.1, 0.15) is 5.75 Å². The first-order valence-corrected chi connectivity index (χ1v) is 10.5. The van der Waals surface area contributed by atoms with E-state index in [1.807, 2.05) is 79.2 Å². The molecule has 1 N–H and O–H groups in total. The lowest BCUT2D eigenvalue weighted by Crippen LogP contribution is -2.16. The fourth-order valence-corrected chi connectivity index (χ4v) is 4.22. The molecule has 5 nitrogen and oxygen atoms in total. The van der Waals surface area contributed by atoms with Crippen LogP contribution in [-0.4, -0.2) is 21.9 Å². The Kier molecular flexibility index (Phi) is 5.36. The lowest BCUT2D eigenvalue weighted by atomic mass is 10.1. The summed E-state index contributed by atoms with van der Waals surface area (Å²) in [6.45, 7) is 6.62. The van der Waals surface area contributed by atoms with Crippen LogP contribution < -0.4 is 10.1 Å². The molecule has 0 aliphatic heterocycles. The summed E-state index contributed by atoms with van der Waals surface area (Å²) in [7, 11) is 0. The van der Waals surface area contributed by atoms with Gasteiger partial charge in [-0.25, -0.2) is 4.98 Å². The van der Waals surface area contributed by atoms with Crippen molar-refractivity contribution in [1.82, 2.24) is 9.38 Å². The fourth-order valence-electron chi connectivity index (χ4n) is 3.34. The van der Waals surface area contributed by atoms with E-state index in [1.54, 1.807) is 11.3 Å². The number of anilines is 1. The van der Waals surface area contributed by atoms with E-state index in [0.29, 0.717) is 13.0 Å². The number of ether oxygens (including phenoxy) is 1. The Morgan fingerprint density at radius 3 is 2.55 bits per heavy atom. The van der Waals surface area contributed by atoms with Crippen LogP contribution >= 0.6 is 11.3 Å². The minimum absolute atomic E-state index is 0.0292. The van der Waals surface area contributed by atoms with E-state index in [0.717, 1.165) is 44.5 Å². The highest BCUT2D eigenvalue weighted by Crippen LogP contribution is 2.26. The summed E-state index contributed by atoms with van der Waals surface area (Å²) in [6, 6.07) is 13.9. The van der Waals surface area contributed by atoms with Crippen LogP contribution in [0.1, 0.15) is 23.7 Å². The number of nitrogens with zero attached hydrogens (tertiary/aromatic N) is 2. The first kappa shape index (κ1) is 19.2. The summed E-state index contributed by atoms with van der Waals surface area (Å²) in [5.74, 6) is 0.819. The van der Waals surface area contributed by atoms with Crippen molar-refractivity contribution in [3.05, 3.63) is 70.9 Å². The van der Waals surface area contributed by atoms with Gasteiger partial charge in [0.15, 0.2) is 4.96 Å². The van der Waals surface area contributed by atoms with E-state index in [-0.39, 0.29) is 5.91 Å². The Morgan fingerprint density at radius 2 is 1.86 bits per heavy atom. The molecule has 2 aromatic heterocycles. The van der Waals surface area contributed by atoms with E-state index in [2.05, 4.69) is 5.32 Å². The molecule has 6 heteroatoms. The molecule has 0 atom stereocenters. The molecule has 0 aliphatic carbocycles. The second-order valence-electron chi connectivity index (χ2n) is 6.95. The van der Waals surface area contributed by atoms with Crippen LogP contribution in [0.15, 0.2) is 54.0 Å². The van der Waals surface area contributed by atoms with Gasteiger partial charge in [-0.1, -0.05) is 18.2 Å². The van der Waals surface area contributed by atoms with Gasteiger partial charge in [-0.2, -0.15) is 0 Å². The summed E-state index contributed by atoms with van der Waals surface area (Å²) in [6.07, 6.45) is 2.29. The van der Waals surface area contributed by atoms with E-state index in [1.165, 1.54) is 0 Å². The maximum absolute atomic E-state index is 12.6. The van der Waals surface area contributed by atoms with Gasteiger partial charge < -0.3 is 10.1 Å². The van der Waals surface area contributed by atoms with Crippen molar-refractivity contribution >= 4 is 27.9 Å². The average Bonchev–Trinajstić information content (AvgIpc) is 3.28. The Hall–Kier alpha value is -3.12. The van der Waals surface area contributed by atoms with Crippen LogP contribution in [-0.2, 0) is 11.2 Å². The Bertz CT molecular complexity index is 1140. The van der Waals surface area contributed by atoms with Gasteiger partial charge in [-0.15, -0.1) is 11.3 Å². The molecule has 0 fully saturated rings. The zero-order valence-electron chi connectivity index (χ0n) is 16.7. The second kappa shape index (κ2) is 8.09. The van der Waals surface area contributed by atoms with Crippen molar-refractivity contribution in [2.75, 3.05) is 11.9 Å². The van der Waals surface area contributed by atoms with Crippen molar-refractivity contribution in [1.29, 1.82) is 0 Å². The van der Waals surface area contributed by atoms with Gasteiger partial charge in [0.25, 0.3) is 0 Å². The molecule has 0 radical (unpaired) electrons. The summed E-state index contributed by atoms with van der Waals surface area (Å²) >= 11 is 1.54. The van der Waals surface area contributed by atoms with Crippen molar-refractivity contribution in [3.8, 4) is 17.0 Å². The van der Waals surface area contributed by atoms with Crippen LogP contribution in [0.2, 0.25) is 0 Å².